The van der Waals surface area contributed by atoms with Gasteiger partial charge in [-0.15, -0.1) is 0 Å². The summed E-state index contributed by atoms with van der Waals surface area (Å²) in [6, 6.07) is 12.8. The molecule has 0 radical (unpaired) electrons. The second-order valence-electron chi connectivity index (χ2n) is 6.43. The molecule has 5 nitrogen and oxygen atoms in total. The molecule has 0 saturated carbocycles. The van der Waals surface area contributed by atoms with E-state index in [0.29, 0.717) is 12.1 Å². The maximum Gasteiger partial charge on any atom is 0.237 e. The fraction of sp³-hybridized carbons (Fsp3) is 0.300. The van der Waals surface area contributed by atoms with Crippen LogP contribution in [0.25, 0.3) is 0 Å². The first-order chi connectivity index (χ1) is 12.8. The number of benzene rings is 2. The molecule has 7 heteroatoms. The number of hydrogen-bond acceptors (Lipinski definition) is 3. The number of likely N-dealkylation sites (N-methyl/N-ethyl adjacent to an activating group) is 1. The number of carbonyl (C=O) groups excluding carboxylic acids is 2. The van der Waals surface area contributed by atoms with E-state index < -0.39 is 17.5 Å². The Balaban J connectivity index is 2.01. The molecule has 2 aromatic rings. The third-order valence-electron chi connectivity index (χ3n) is 4.06. The standard InChI is InChI=1S/C20H23F2N3O2/c1-24(13-16-7-8-17(21)11-18(16)22)14-20(27)25(10-9-19(23)26)12-15-5-3-2-4-6-15/h2-8,11H,9-10,12-14H2,1H3,(H2,23,26). The molecule has 0 bridgehead atoms. The Morgan fingerprint density at radius 3 is 2.37 bits per heavy atom. The van der Waals surface area contributed by atoms with Crippen molar-refractivity contribution in [2.45, 2.75) is 19.5 Å². The van der Waals surface area contributed by atoms with E-state index in [9.17, 15) is 18.4 Å². The smallest absolute Gasteiger partial charge is 0.237 e. The fourth-order valence-corrected chi connectivity index (χ4v) is 2.67. The molecule has 0 aromatic heterocycles. The molecule has 0 aliphatic rings. The molecule has 0 aliphatic carbocycles. The van der Waals surface area contributed by atoms with Crippen molar-refractivity contribution in [3.63, 3.8) is 0 Å². The summed E-state index contributed by atoms with van der Waals surface area (Å²) in [6.45, 7) is 0.753. The molecule has 2 aromatic carbocycles. The van der Waals surface area contributed by atoms with Crippen LogP contribution in [0.1, 0.15) is 17.5 Å². The van der Waals surface area contributed by atoms with Gasteiger partial charge in [0.15, 0.2) is 0 Å². The zero-order valence-corrected chi connectivity index (χ0v) is 15.2. The predicted octanol–water partition coefficient (Wildman–Crippen LogP) is 2.30. The van der Waals surface area contributed by atoms with E-state index in [4.69, 9.17) is 5.73 Å². The van der Waals surface area contributed by atoms with Gasteiger partial charge < -0.3 is 10.6 Å². The Kier molecular flexibility index (Phi) is 7.43. The second-order valence-corrected chi connectivity index (χ2v) is 6.43. The van der Waals surface area contributed by atoms with Crippen LogP contribution in [-0.4, -0.2) is 41.8 Å². The van der Waals surface area contributed by atoms with Crippen LogP contribution in [0.15, 0.2) is 48.5 Å². The van der Waals surface area contributed by atoms with Gasteiger partial charge in [-0.3, -0.25) is 14.5 Å². The summed E-state index contributed by atoms with van der Waals surface area (Å²) in [4.78, 5) is 27.0. The van der Waals surface area contributed by atoms with Gasteiger partial charge in [-0.05, 0) is 18.7 Å². The van der Waals surface area contributed by atoms with Crippen molar-refractivity contribution in [2.75, 3.05) is 20.1 Å². The quantitative estimate of drug-likeness (QED) is 0.731. The number of nitrogens with two attached hydrogens (primary N) is 1. The minimum absolute atomic E-state index is 0.0302. The first kappa shape index (κ1) is 20.5. The maximum absolute atomic E-state index is 13.8. The first-order valence-corrected chi connectivity index (χ1v) is 8.57. The molecular formula is C20H23F2N3O2. The Morgan fingerprint density at radius 2 is 1.74 bits per heavy atom. The van der Waals surface area contributed by atoms with Crippen LogP contribution in [0, 0.1) is 11.6 Å². The first-order valence-electron chi connectivity index (χ1n) is 8.57. The molecule has 144 valence electrons. The van der Waals surface area contributed by atoms with Crippen LogP contribution in [0.4, 0.5) is 8.78 Å². The predicted molar refractivity (Wildman–Crippen MR) is 98.4 cm³/mol. The Morgan fingerprint density at radius 1 is 1.04 bits per heavy atom. The van der Waals surface area contributed by atoms with Crippen molar-refractivity contribution in [3.05, 3.63) is 71.3 Å². The Labute approximate surface area is 157 Å². The lowest BCUT2D eigenvalue weighted by molar-refractivity contribution is -0.133. The SMILES string of the molecule is CN(CC(=O)N(CCC(N)=O)Cc1ccccc1)Cc1ccc(F)cc1F. The van der Waals surface area contributed by atoms with Gasteiger partial charge in [0.25, 0.3) is 0 Å². The van der Waals surface area contributed by atoms with Crippen molar-refractivity contribution in [3.8, 4) is 0 Å². The summed E-state index contributed by atoms with van der Waals surface area (Å²) in [5.41, 5.74) is 6.44. The van der Waals surface area contributed by atoms with Crippen LogP contribution >= 0.6 is 0 Å². The molecule has 0 atom stereocenters. The van der Waals surface area contributed by atoms with Gasteiger partial charge in [-0.25, -0.2) is 8.78 Å². The molecule has 2 amide bonds. The molecule has 0 saturated heterocycles. The summed E-state index contributed by atoms with van der Waals surface area (Å²) < 4.78 is 26.8. The molecular weight excluding hydrogens is 352 g/mol. The highest BCUT2D eigenvalue weighted by atomic mass is 19.1. The van der Waals surface area contributed by atoms with Crippen molar-refractivity contribution in [2.24, 2.45) is 5.73 Å². The van der Waals surface area contributed by atoms with Gasteiger partial charge >= 0.3 is 0 Å². The highest BCUT2D eigenvalue weighted by molar-refractivity contribution is 5.79. The fourth-order valence-electron chi connectivity index (χ4n) is 2.67. The van der Waals surface area contributed by atoms with Gasteiger partial charge in [0.05, 0.1) is 6.54 Å². The lowest BCUT2D eigenvalue weighted by Gasteiger charge is -2.25. The van der Waals surface area contributed by atoms with E-state index in [-0.39, 0.29) is 32.0 Å². The molecule has 0 fully saturated rings. The number of halogens is 2. The number of rotatable bonds is 9. The van der Waals surface area contributed by atoms with Gasteiger partial charge in [0.2, 0.25) is 11.8 Å². The van der Waals surface area contributed by atoms with Crippen LogP contribution in [0.2, 0.25) is 0 Å². The second kappa shape index (κ2) is 9.78. The van der Waals surface area contributed by atoms with Gasteiger partial charge in [0.1, 0.15) is 11.6 Å². The minimum atomic E-state index is -0.649. The zero-order chi connectivity index (χ0) is 19.8. The number of amides is 2. The van der Waals surface area contributed by atoms with E-state index in [1.807, 2.05) is 30.3 Å². The van der Waals surface area contributed by atoms with Crippen molar-refractivity contribution < 1.29 is 18.4 Å². The minimum Gasteiger partial charge on any atom is -0.370 e. The summed E-state index contributed by atoms with van der Waals surface area (Å²) in [5, 5.41) is 0. The number of carbonyl (C=O) groups is 2. The van der Waals surface area contributed by atoms with Crippen molar-refractivity contribution >= 4 is 11.8 Å². The molecule has 0 unspecified atom stereocenters. The third kappa shape index (κ3) is 6.79. The average molecular weight is 375 g/mol. The van der Waals surface area contributed by atoms with Crippen LogP contribution in [0.3, 0.4) is 0 Å². The normalized spacial score (nSPS) is 10.8. The molecule has 2 rings (SSSR count). The van der Waals surface area contributed by atoms with Gasteiger partial charge in [-0.1, -0.05) is 36.4 Å². The highest BCUT2D eigenvalue weighted by Gasteiger charge is 2.18. The summed E-state index contributed by atoms with van der Waals surface area (Å²) in [5.74, 6) is -1.98. The van der Waals surface area contributed by atoms with E-state index >= 15 is 0 Å². The Hall–Kier alpha value is -2.80. The zero-order valence-electron chi connectivity index (χ0n) is 15.2. The lowest BCUT2D eigenvalue weighted by atomic mass is 10.2. The molecule has 27 heavy (non-hydrogen) atoms. The van der Waals surface area contributed by atoms with E-state index in [1.54, 1.807) is 16.8 Å². The molecule has 0 heterocycles. The highest BCUT2D eigenvalue weighted by Crippen LogP contribution is 2.12. The molecule has 0 aliphatic heterocycles. The molecule has 0 spiro atoms. The topological polar surface area (TPSA) is 66.6 Å². The van der Waals surface area contributed by atoms with Crippen LogP contribution in [-0.2, 0) is 22.7 Å². The van der Waals surface area contributed by atoms with E-state index in [0.717, 1.165) is 11.6 Å². The monoisotopic (exact) mass is 375 g/mol. The maximum atomic E-state index is 13.8. The largest absolute Gasteiger partial charge is 0.370 e. The summed E-state index contributed by atoms with van der Waals surface area (Å²) in [6.07, 6.45) is 0.0644. The summed E-state index contributed by atoms with van der Waals surface area (Å²) >= 11 is 0. The van der Waals surface area contributed by atoms with E-state index in [2.05, 4.69) is 0 Å². The lowest BCUT2D eigenvalue weighted by Crippen LogP contribution is -2.40. The van der Waals surface area contributed by atoms with Gasteiger partial charge in [-0.2, -0.15) is 0 Å². The summed E-state index contributed by atoms with van der Waals surface area (Å²) in [7, 11) is 1.68. The number of nitrogens with zero attached hydrogens (tertiary/aromatic N) is 2. The van der Waals surface area contributed by atoms with E-state index in [1.165, 1.54) is 12.1 Å². The Bertz CT molecular complexity index is 784. The van der Waals surface area contributed by atoms with Crippen LogP contribution < -0.4 is 5.73 Å². The number of primary amides is 1. The molecule has 2 N–H and O–H groups in total. The van der Waals surface area contributed by atoms with Gasteiger partial charge in [0, 0.05) is 37.7 Å². The van der Waals surface area contributed by atoms with Crippen molar-refractivity contribution in [1.29, 1.82) is 0 Å². The average Bonchev–Trinajstić information content (AvgIpc) is 2.61. The van der Waals surface area contributed by atoms with Crippen molar-refractivity contribution in [1.82, 2.24) is 9.80 Å². The van der Waals surface area contributed by atoms with Crippen LogP contribution in [0.5, 0.6) is 0 Å². The third-order valence-corrected chi connectivity index (χ3v) is 4.06. The number of hydrogen-bond donors (Lipinski definition) is 1.